The smallest absolute Gasteiger partial charge is 0.151 e. The van der Waals surface area contributed by atoms with E-state index in [1.165, 1.54) is 24.0 Å². The second kappa shape index (κ2) is 2.34. The van der Waals surface area contributed by atoms with Crippen molar-refractivity contribution in [1.29, 1.82) is 0 Å². The lowest BCUT2D eigenvalue weighted by atomic mass is 9.73. The Kier molecular flexibility index (Phi) is 1.26. The molecule has 3 aliphatic carbocycles. The van der Waals surface area contributed by atoms with Crippen LogP contribution in [0.1, 0.15) is 42.7 Å². The van der Waals surface area contributed by atoms with E-state index in [1.54, 1.807) is 0 Å². The molecule has 0 N–H and O–H groups in total. The maximum atomic E-state index is 12.4. The third-order valence-corrected chi connectivity index (χ3v) is 4.91. The highest BCUT2D eigenvalue weighted by Crippen LogP contribution is 2.63. The van der Waals surface area contributed by atoms with Crippen LogP contribution in [0.15, 0.2) is 24.3 Å². The van der Waals surface area contributed by atoms with E-state index in [-0.39, 0.29) is 11.3 Å². The molecular weight excluding hydrogens is 184 g/mol. The van der Waals surface area contributed by atoms with Gasteiger partial charge in [0.25, 0.3) is 0 Å². The Labute approximate surface area is 89.5 Å². The fraction of sp³-hybridized carbons (Fsp3) is 0.500. The van der Waals surface area contributed by atoms with Gasteiger partial charge in [0, 0.05) is 5.92 Å². The first-order valence-corrected chi connectivity index (χ1v) is 5.98. The van der Waals surface area contributed by atoms with Gasteiger partial charge >= 0.3 is 0 Å². The van der Waals surface area contributed by atoms with E-state index in [4.69, 9.17) is 0 Å². The van der Waals surface area contributed by atoms with Crippen molar-refractivity contribution in [2.24, 2.45) is 5.92 Å². The summed E-state index contributed by atoms with van der Waals surface area (Å²) in [5, 5.41) is 0. The van der Waals surface area contributed by atoms with Crippen LogP contribution in [0.5, 0.6) is 0 Å². The number of Topliss-reactive ketones (excluding diaryl/α,β-unsaturated/α-hetero) is 1. The molecule has 2 saturated carbocycles. The van der Waals surface area contributed by atoms with Crippen molar-refractivity contribution in [1.82, 2.24) is 0 Å². The predicted molar refractivity (Wildman–Crippen MR) is 57.8 cm³/mol. The van der Waals surface area contributed by atoms with Crippen LogP contribution in [-0.2, 0) is 10.2 Å². The topological polar surface area (TPSA) is 17.1 Å². The van der Waals surface area contributed by atoms with E-state index in [9.17, 15) is 4.79 Å². The molecule has 0 aromatic heterocycles. The van der Waals surface area contributed by atoms with Gasteiger partial charge in [-0.25, -0.2) is 0 Å². The highest BCUT2D eigenvalue weighted by atomic mass is 16.1. The van der Waals surface area contributed by atoms with Crippen molar-refractivity contribution in [2.75, 3.05) is 0 Å². The number of rotatable bonds is 0. The monoisotopic (exact) mass is 198 g/mol. The van der Waals surface area contributed by atoms with Gasteiger partial charge in [0.15, 0.2) is 5.78 Å². The number of carbonyl (C=O) groups is 1. The molecule has 4 rings (SSSR count). The highest BCUT2D eigenvalue weighted by molar-refractivity contribution is 6.03. The van der Waals surface area contributed by atoms with E-state index in [0.29, 0.717) is 11.7 Å². The molecule has 0 aliphatic heterocycles. The van der Waals surface area contributed by atoms with Crippen LogP contribution < -0.4 is 0 Å². The van der Waals surface area contributed by atoms with Gasteiger partial charge in [-0.1, -0.05) is 30.7 Å². The second-order valence-electron chi connectivity index (χ2n) is 5.30. The van der Waals surface area contributed by atoms with Gasteiger partial charge in [-0.15, -0.1) is 0 Å². The molecule has 2 bridgehead atoms. The minimum atomic E-state index is -0.0265. The molecule has 0 radical (unpaired) electrons. The van der Waals surface area contributed by atoms with Crippen molar-refractivity contribution < 1.29 is 4.79 Å². The van der Waals surface area contributed by atoms with Crippen LogP contribution in [-0.4, -0.2) is 5.78 Å². The molecule has 15 heavy (non-hydrogen) atoms. The SMILES string of the molecule is O=C1[C@@H]2C[C@@H]3CCC[C@]13c1ccccc12. The Balaban J connectivity index is 2.05. The van der Waals surface area contributed by atoms with Crippen LogP contribution in [0.25, 0.3) is 0 Å². The van der Waals surface area contributed by atoms with Crippen LogP contribution in [0.3, 0.4) is 0 Å². The van der Waals surface area contributed by atoms with Crippen molar-refractivity contribution >= 4 is 5.78 Å². The summed E-state index contributed by atoms with van der Waals surface area (Å²) in [6.45, 7) is 0. The molecule has 1 spiro atoms. The first kappa shape index (κ1) is 8.09. The van der Waals surface area contributed by atoms with Gasteiger partial charge < -0.3 is 0 Å². The average molecular weight is 198 g/mol. The average Bonchev–Trinajstić information content (AvgIpc) is 2.87. The van der Waals surface area contributed by atoms with Gasteiger partial charge in [-0.05, 0) is 36.3 Å². The van der Waals surface area contributed by atoms with Crippen molar-refractivity contribution in [3.05, 3.63) is 35.4 Å². The summed E-state index contributed by atoms with van der Waals surface area (Å²) in [5.41, 5.74) is 2.70. The van der Waals surface area contributed by atoms with Crippen LogP contribution in [0.2, 0.25) is 0 Å². The Hall–Kier alpha value is -1.11. The molecular formula is C14H14O. The molecule has 76 valence electrons. The fourth-order valence-electron chi connectivity index (χ4n) is 4.39. The molecule has 1 heteroatoms. The van der Waals surface area contributed by atoms with Crippen molar-refractivity contribution in [3.63, 3.8) is 0 Å². The molecule has 1 aromatic carbocycles. The molecule has 0 heterocycles. The Morgan fingerprint density at radius 3 is 3.07 bits per heavy atom. The lowest BCUT2D eigenvalue weighted by molar-refractivity contribution is -0.122. The molecule has 3 aliphatic rings. The third-order valence-electron chi connectivity index (χ3n) is 4.91. The van der Waals surface area contributed by atoms with Gasteiger partial charge in [-0.2, -0.15) is 0 Å². The number of benzene rings is 1. The Morgan fingerprint density at radius 1 is 1.27 bits per heavy atom. The van der Waals surface area contributed by atoms with E-state index < -0.39 is 0 Å². The molecule has 0 unspecified atom stereocenters. The maximum absolute atomic E-state index is 12.4. The van der Waals surface area contributed by atoms with E-state index >= 15 is 0 Å². The number of hydrogen-bond donors (Lipinski definition) is 0. The van der Waals surface area contributed by atoms with Crippen LogP contribution >= 0.6 is 0 Å². The fourth-order valence-corrected chi connectivity index (χ4v) is 4.39. The van der Waals surface area contributed by atoms with Crippen LogP contribution in [0.4, 0.5) is 0 Å². The summed E-state index contributed by atoms with van der Waals surface area (Å²) < 4.78 is 0. The molecule has 0 saturated heterocycles. The minimum Gasteiger partial charge on any atom is -0.298 e. The van der Waals surface area contributed by atoms with Crippen molar-refractivity contribution in [3.8, 4) is 0 Å². The standard InChI is InChI=1S/C14H14O/c15-13-11-8-9-4-3-7-14(9,13)12-6-2-1-5-10(11)12/h1-2,5-6,9,11H,3-4,7-8H2/t9-,11+,14-/m0/s1. The second-order valence-corrected chi connectivity index (χ2v) is 5.30. The van der Waals surface area contributed by atoms with E-state index in [0.717, 1.165) is 12.8 Å². The zero-order valence-electron chi connectivity index (χ0n) is 8.70. The van der Waals surface area contributed by atoms with E-state index in [1.807, 2.05) is 0 Å². The van der Waals surface area contributed by atoms with Crippen molar-refractivity contribution in [2.45, 2.75) is 37.0 Å². The molecule has 0 amide bonds. The maximum Gasteiger partial charge on any atom is 0.151 e. The largest absolute Gasteiger partial charge is 0.298 e. The summed E-state index contributed by atoms with van der Waals surface area (Å²) in [7, 11) is 0. The molecule has 2 fully saturated rings. The summed E-state index contributed by atoms with van der Waals surface area (Å²) in [4.78, 5) is 12.4. The Bertz CT molecular complexity index is 462. The van der Waals surface area contributed by atoms with Gasteiger partial charge in [0.2, 0.25) is 0 Å². The quantitative estimate of drug-likeness (QED) is 0.626. The van der Waals surface area contributed by atoms with E-state index in [2.05, 4.69) is 24.3 Å². The van der Waals surface area contributed by atoms with Gasteiger partial charge in [-0.3, -0.25) is 4.79 Å². The number of hydrogen-bond acceptors (Lipinski definition) is 1. The van der Waals surface area contributed by atoms with Crippen LogP contribution in [0, 0.1) is 5.92 Å². The summed E-state index contributed by atoms with van der Waals surface area (Å²) in [6.07, 6.45) is 4.77. The summed E-state index contributed by atoms with van der Waals surface area (Å²) in [5.74, 6) is 1.47. The molecule has 3 atom stereocenters. The first-order valence-electron chi connectivity index (χ1n) is 5.98. The minimum absolute atomic E-state index is 0.0265. The Morgan fingerprint density at radius 2 is 2.13 bits per heavy atom. The first-order chi connectivity index (χ1) is 7.34. The lowest BCUT2D eigenvalue weighted by Crippen LogP contribution is -2.30. The summed E-state index contributed by atoms with van der Waals surface area (Å²) >= 11 is 0. The number of fused-ring (bicyclic) bond motifs is 3. The molecule has 1 nitrogen and oxygen atoms in total. The highest BCUT2D eigenvalue weighted by Gasteiger charge is 2.63. The number of ketones is 1. The van der Waals surface area contributed by atoms with Gasteiger partial charge in [0.1, 0.15) is 0 Å². The predicted octanol–water partition coefficient (Wildman–Crippen LogP) is 2.79. The van der Waals surface area contributed by atoms with Gasteiger partial charge in [0.05, 0.1) is 5.41 Å². The zero-order chi connectivity index (χ0) is 10.0. The number of carbonyl (C=O) groups excluding carboxylic acids is 1. The zero-order valence-corrected chi connectivity index (χ0v) is 8.70. The summed E-state index contributed by atoms with van der Waals surface area (Å²) in [6, 6.07) is 8.54. The third kappa shape index (κ3) is 0.695. The lowest BCUT2D eigenvalue weighted by Gasteiger charge is -2.28. The molecule has 1 aromatic rings. The normalized spacial score (nSPS) is 40.7.